The third-order valence-corrected chi connectivity index (χ3v) is 5.11. The summed E-state index contributed by atoms with van der Waals surface area (Å²) in [5.74, 6) is 0.774. The highest BCUT2D eigenvalue weighted by atomic mass is 19.1. The molecule has 0 N–H and O–H groups in total. The zero-order valence-corrected chi connectivity index (χ0v) is 17.8. The average Bonchev–Trinajstić information content (AvgIpc) is 2.77. The van der Waals surface area contributed by atoms with Crippen molar-refractivity contribution in [1.29, 1.82) is 0 Å². The van der Waals surface area contributed by atoms with E-state index in [1.165, 1.54) is 13.2 Å². The van der Waals surface area contributed by atoms with Gasteiger partial charge in [0.15, 0.2) is 11.5 Å². The van der Waals surface area contributed by atoms with Crippen LogP contribution in [0.1, 0.15) is 29.8 Å². The molecule has 3 aromatic rings. The van der Waals surface area contributed by atoms with Crippen molar-refractivity contribution in [1.82, 2.24) is 0 Å². The van der Waals surface area contributed by atoms with E-state index >= 15 is 0 Å². The predicted octanol–water partition coefficient (Wildman–Crippen LogP) is 5.63. The van der Waals surface area contributed by atoms with Gasteiger partial charge in [-0.25, -0.2) is 9.18 Å². The fourth-order valence-corrected chi connectivity index (χ4v) is 3.72. The van der Waals surface area contributed by atoms with Gasteiger partial charge in [-0.3, -0.25) is 0 Å². The number of fused-ring (bicyclic) bond motifs is 3. The third kappa shape index (κ3) is 3.81. The van der Waals surface area contributed by atoms with Gasteiger partial charge < -0.3 is 18.9 Å². The predicted molar refractivity (Wildman–Crippen MR) is 115 cm³/mol. The molecule has 0 unspecified atom stereocenters. The van der Waals surface area contributed by atoms with E-state index in [-0.39, 0.29) is 11.7 Å². The first kappa shape index (κ1) is 20.7. The lowest BCUT2D eigenvalue weighted by Gasteiger charge is -2.25. The summed E-state index contributed by atoms with van der Waals surface area (Å²) in [4.78, 5) is 12.6. The molecule has 1 aliphatic rings. The van der Waals surface area contributed by atoms with Gasteiger partial charge in [0.1, 0.15) is 18.2 Å². The molecule has 0 aliphatic carbocycles. The molecule has 0 radical (unpaired) electrons. The van der Waals surface area contributed by atoms with E-state index in [2.05, 4.69) is 0 Å². The molecule has 1 heterocycles. The summed E-state index contributed by atoms with van der Waals surface area (Å²) in [7, 11) is 2.88. The van der Waals surface area contributed by atoms with Crippen molar-refractivity contribution in [3.8, 4) is 39.5 Å². The number of hydrogen-bond donors (Lipinski definition) is 0. The normalized spacial score (nSPS) is 11.9. The number of benzene rings is 3. The zero-order chi connectivity index (χ0) is 22.1. The summed E-state index contributed by atoms with van der Waals surface area (Å²) in [6, 6.07) is 13.4. The molecular weight excluding hydrogens is 399 g/mol. The summed E-state index contributed by atoms with van der Waals surface area (Å²) < 4.78 is 36.9. The van der Waals surface area contributed by atoms with E-state index < -0.39 is 11.8 Å². The molecule has 3 aromatic carbocycles. The van der Waals surface area contributed by atoms with Crippen LogP contribution in [0.3, 0.4) is 0 Å². The molecule has 0 amide bonds. The van der Waals surface area contributed by atoms with Gasteiger partial charge in [0.05, 0.1) is 25.9 Å². The molecule has 0 atom stereocenters. The van der Waals surface area contributed by atoms with Gasteiger partial charge in [-0.1, -0.05) is 18.2 Å². The Morgan fingerprint density at radius 2 is 1.74 bits per heavy atom. The molecule has 0 fully saturated rings. The Kier molecular flexibility index (Phi) is 5.55. The number of halogens is 1. The highest BCUT2D eigenvalue weighted by molar-refractivity contribution is 6.00. The molecule has 0 saturated carbocycles. The number of methoxy groups -OCH3 is 2. The van der Waals surface area contributed by atoms with E-state index in [1.54, 1.807) is 37.4 Å². The quantitative estimate of drug-likeness (QED) is 0.499. The minimum atomic E-state index is -0.556. The van der Waals surface area contributed by atoms with Crippen molar-refractivity contribution in [2.24, 2.45) is 0 Å². The first-order valence-corrected chi connectivity index (χ1v) is 9.95. The fourth-order valence-electron chi connectivity index (χ4n) is 3.72. The summed E-state index contributed by atoms with van der Waals surface area (Å²) in [6.45, 7) is 4.20. The Bertz CT molecular complexity index is 1150. The molecule has 1 aliphatic heterocycles. The molecule has 5 nitrogen and oxygen atoms in total. The van der Waals surface area contributed by atoms with Gasteiger partial charge in [-0.2, -0.15) is 0 Å². The summed E-state index contributed by atoms with van der Waals surface area (Å²) in [5.41, 5.74) is 3.44. The maximum Gasteiger partial charge on any atom is 0.338 e. The molecule has 0 saturated heterocycles. The lowest BCUT2D eigenvalue weighted by Crippen LogP contribution is -2.12. The van der Waals surface area contributed by atoms with Crippen LogP contribution in [0.4, 0.5) is 4.39 Å². The van der Waals surface area contributed by atoms with Gasteiger partial charge in [0.25, 0.3) is 0 Å². The van der Waals surface area contributed by atoms with Crippen LogP contribution < -0.4 is 14.2 Å². The van der Waals surface area contributed by atoms with E-state index in [1.807, 2.05) is 26.0 Å². The Morgan fingerprint density at radius 3 is 2.42 bits per heavy atom. The van der Waals surface area contributed by atoms with Crippen LogP contribution in [-0.4, -0.2) is 26.3 Å². The van der Waals surface area contributed by atoms with Crippen LogP contribution in [-0.2, 0) is 11.3 Å². The average molecular weight is 422 g/mol. The highest BCUT2D eigenvalue weighted by Crippen LogP contribution is 2.45. The SMILES string of the molecule is COC(=O)c1cc2c(cc1-c1ccccc1F)OCc1cc(OC(C)C)c(OC)cc1-2. The summed E-state index contributed by atoms with van der Waals surface area (Å²) in [6.07, 6.45) is -0.0157. The summed E-state index contributed by atoms with van der Waals surface area (Å²) >= 11 is 0. The maximum atomic E-state index is 14.5. The van der Waals surface area contributed by atoms with Gasteiger partial charge >= 0.3 is 5.97 Å². The first-order valence-electron chi connectivity index (χ1n) is 9.95. The van der Waals surface area contributed by atoms with Crippen molar-refractivity contribution in [2.45, 2.75) is 26.6 Å². The Morgan fingerprint density at radius 1 is 0.968 bits per heavy atom. The lowest BCUT2D eigenvalue weighted by molar-refractivity contribution is 0.0601. The molecule has 160 valence electrons. The number of carbonyl (C=O) groups excluding carboxylic acids is 1. The van der Waals surface area contributed by atoms with Gasteiger partial charge in [0, 0.05) is 22.3 Å². The Hall–Kier alpha value is -3.54. The van der Waals surface area contributed by atoms with Crippen molar-refractivity contribution < 1.29 is 28.1 Å². The van der Waals surface area contributed by atoms with Crippen molar-refractivity contribution >= 4 is 5.97 Å². The smallest absolute Gasteiger partial charge is 0.338 e. The second kappa shape index (κ2) is 8.30. The number of esters is 1. The second-order valence-electron chi connectivity index (χ2n) is 7.48. The van der Waals surface area contributed by atoms with Crippen molar-refractivity contribution in [3.63, 3.8) is 0 Å². The van der Waals surface area contributed by atoms with E-state index in [0.29, 0.717) is 40.5 Å². The van der Waals surface area contributed by atoms with Crippen LogP contribution in [0.5, 0.6) is 17.2 Å². The maximum absolute atomic E-state index is 14.5. The molecule has 0 bridgehead atoms. The van der Waals surface area contributed by atoms with E-state index in [4.69, 9.17) is 18.9 Å². The first-order chi connectivity index (χ1) is 14.9. The van der Waals surface area contributed by atoms with Gasteiger partial charge in [0.2, 0.25) is 0 Å². The zero-order valence-electron chi connectivity index (χ0n) is 17.8. The highest BCUT2D eigenvalue weighted by Gasteiger charge is 2.26. The third-order valence-electron chi connectivity index (χ3n) is 5.11. The van der Waals surface area contributed by atoms with Gasteiger partial charge in [-0.15, -0.1) is 0 Å². The standard InChI is InChI=1S/C25H23FO5/c1-14(2)31-24-9-15-13-30-22-12-18(16-7-5-6-8-21(16)26)20(25(27)29-4)10-19(22)17(15)11-23(24)28-3/h5-12,14H,13H2,1-4H3. The largest absolute Gasteiger partial charge is 0.493 e. The topological polar surface area (TPSA) is 54.0 Å². The minimum Gasteiger partial charge on any atom is -0.493 e. The molecule has 31 heavy (non-hydrogen) atoms. The van der Waals surface area contributed by atoms with Crippen molar-refractivity contribution in [2.75, 3.05) is 14.2 Å². The number of rotatable bonds is 5. The Balaban J connectivity index is 1.92. The van der Waals surface area contributed by atoms with Crippen LogP contribution in [0.25, 0.3) is 22.3 Å². The van der Waals surface area contributed by atoms with E-state index in [9.17, 15) is 9.18 Å². The van der Waals surface area contributed by atoms with Gasteiger partial charge in [-0.05, 0) is 49.7 Å². The lowest BCUT2D eigenvalue weighted by atomic mass is 9.90. The molecule has 0 aromatic heterocycles. The van der Waals surface area contributed by atoms with Crippen LogP contribution in [0.2, 0.25) is 0 Å². The van der Waals surface area contributed by atoms with E-state index in [0.717, 1.165) is 11.1 Å². The Labute approximate surface area is 180 Å². The number of carbonyl (C=O) groups is 1. The van der Waals surface area contributed by atoms with Crippen molar-refractivity contribution in [3.05, 3.63) is 65.5 Å². The number of hydrogen-bond acceptors (Lipinski definition) is 5. The molecule has 6 heteroatoms. The molecule has 0 spiro atoms. The molecule has 4 rings (SSSR count). The van der Waals surface area contributed by atoms with Crippen LogP contribution >= 0.6 is 0 Å². The minimum absolute atomic E-state index is 0.0157. The van der Waals surface area contributed by atoms with Crippen LogP contribution in [0, 0.1) is 5.82 Å². The second-order valence-corrected chi connectivity index (χ2v) is 7.48. The summed E-state index contributed by atoms with van der Waals surface area (Å²) in [5, 5.41) is 0. The van der Waals surface area contributed by atoms with Crippen LogP contribution in [0.15, 0.2) is 48.5 Å². The molecular formula is C25H23FO5. The monoisotopic (exact) mass is 422 g/mol. The fraction of sp³-hybridized carbons (Fsp3) is 0.240. The number of ether oxygens (including phenoxy) is 4.